The van der Waals surface area contributed by atoms with E-state index in [1.54, 1.807) is 11.4 Å². The molecule has 10 nitrogen and oxygen atoms in total. The summed E-state index contributed by atoms with van der Waals surface area (Å²) in [5.41, 5.74) is 1.74. The van der Waals surface area contributed by atoms with Gasteiger partial charge < -0.3 is 9.47 Å². The maximum absolute atomic E-state index is 12.9. The van der Waals surface area contributed by atoms with E-state index in [1.165, 1.54) is 35.6 Å². The van der Waals surface area contributed by atoms with E-state index in [9.17, 15) is 13.2 Å². The van der Waals surface area contributed by atoms with Crippen LogP contribution in [0.1, 0.15) is 23.2 Å². The summed E-state index contributed by atoms with van der Waals surface area (Å²) in [5.74, 6) is 0.863. The maximum Gasteiger partial charge on any atom is 0.257 e. The van der Waals surface area contributed by atoms with Gasteiger partial charge in [-0.1, -0.05) is 0 Å². The highest BCUT2D eigenvalue weighted by Gasteiger charge is 2.24. The predicted octanol–water partition coefficient (Wildman–Crippen LogP) is 3.61. The van der Waals surface area contributed by atoms with Gasteiger partial charge in [-0.3, -0.25) is 10.1 Å². The van der Waals surface area contributed by atoms with Gasteiger partial charge in [-0.2, -0.15) is 14.8 Å². The number of nitrogens with zero attached hydrogens (tertiary/aromatic N) is 4. The molecule has 0 saturated carbocycles. The fourth-order valence-electron chi connectivity index (χ4n) is 3.32. The maximum atomic E-state index is 12.9. The van der Waals surface area contributed by atoms with Crippen molar-refractivity contribution in [3.63, 3.8) is 0 Å². The van der Waals surface area contributed by atoms with E-state index in [0.29, 0.717) is 22.3 Å². The monoisotopic (exact) mass is 509 g/mol. The summed E-state index contributed by atoms with van der Waals surface area (Å²) < 4.78 is 37.6. The average molecular weight is 510 g/mol. The van der Waals surface area contributed by atoms with Gasteiger partial charge in [0, 0.05) is 42.4 Å². The van der Waals surface area contributed by atoms with E-state index in [1.807, 2.05) is 24.3 Å². The Morgan fingerprint density at radius 2 is 1.74 bits per heavy atom. The Labute approximate surface area is 206 Å². The number of carbonyl (C=O) groups is 1. The molecule has 3 aromatic rings. The highest BCUT2D eigenvalue weighted by molar-refractivity contribution is 7.89. The Morgan fingerprint density at radius 1 is 1.06 bits per heavy atom. The van der Waals surface area contributed by atoms with Crippen LogP contribution in [0.2, 0.25) is 0 Å². The van der Waals surface area contributed by atoms with Crippen molar-refractivity contribution in [1.82, 2.24) is 9.29 Å². The molecule has 0 bridgehead atoms. The van der Waals surface area contributed by atoms with Crippen LogP contribution in [0.25, 0.3) is 11.3 Å². The lowest BCUT2D eigenvalue weighted by Gasteiger charge is -2.20. The van der Waals surface area contributed by atoms with Crippen molar-refractivity contribution in [3.05, 3.63) is 53.4 Å². The fourth-order valence-corrected chi connectivity index (χ4v) is 5.47. The third kappa shape index (κ3) is 5.41. The molecule has 12 heteroatoms. The van der Waals surface area contributed by atoms with Gasteiger partial charge in [0.1, 0.15) is 0 Å². The molecule has 0 aliphatic carbocycles. The van der Waals surface area contributed by atoms with Gasteiger partial charge in [-0.25, -0.2) is 13.4 Å². The van der Waals surface area contributed by atoms with Crippen LogP contribution in [0.15, 0.2) is 52.7 Å². The quantitative estimate of drug-likeness (QED) is 0.460. The molecular formula is C23H19N5O5S2. The summed E-state index contributed by atoms with van der Waals surface area (Å²) in [6.07, 6.45) is 0.0143. The first kappa shape index (κ1) is 24.2. The van der Waals surface area contributed by atoms with E-state index in [2.05, 4.69) is 10.3 Å². The summed E-state index contributed by atoms with van der Waals surface area (Å²) in [4.78, 5) is 17.1. The molecule has 0 spiro atoms. The van der Waals surface area contributed by atoms with Crippen LogP contribution in [0.4, 0.5) is 5.13 Å². The highest BCUT2D eigenvalue weighted by atomic mass is 32.2. The van der Waals surface area contributed by atoms with E-state index in [4.69, 9.17) is 20.0 Å². The first-order chi connectivity index (χ1) is 16.9. The second-order valence-electron chi connectivity index (χ2n) is 7.30. The summed E-state index contributed by atoms with van der Waals surface area (Å²) in [6.45, 7) is 0.145. The smallest absolute Gasteiger partial charge is 0.257 e. The van der Waals surface area contributed by atoms with Crippen LogP contribution in [0.5, 0.6) is 11.5 Å². The number of carbonyl (C=O) groups excluding carboxylic acids is 1. The normalized spacial score (nSPS) is 12.2. The van der Waals surface area contributed by atoms with Crippen LogP contribution in [0, 0.1) is 22.7 Å². The second-order valence-corrected chi connectivity index (χ2v) is 10.1. The van der Waals surface area contributed by atoms with E-state index < -0.39 is 15.9 Å². The predicted molar refractivity (Wildman–Crippen MR) is 127 cm³/mol. The Balaban J connectivity index is 1.45. The van der Waals surface area contributed by atoms with Gasteiger partial charge >= 0.3 is 0 Å². The molecule has 1 amide bonds. The number of nitrogens with one attached hydrogen (secondary N) is 1. The summed E-state index contributed by atoms with van der Waals surface area (Å²) in [6, 6.07) is 14.8. The molecule has 0 saturated heterocycles. The molecule has 35 heavy (non-hydrogen) atoms. The number of benzene rings is 2. The number of rotatable bonds is 9. The zero-order valence-corrected chi connectivity index (χ0v) is 19.9. The van der Waals surface area contributed by atoms with Gasteiger partial charge in [0.2, 0.25) is 16.8 Å². The molecule has 4 rings (SSSR count). The fraction of sp³-hybridized carbons (Fsp3) is 0.217. The number of aromatic nitrogens is 1. The Kier molecular flexibility index (Phi) is 7.27. The molecule has 1 aliphatic heterocycles. The number of sulfonamides is 1. The molecular weight excluding hydrogens is 490 g/mol. The minimum Gasteiger partial charge on any atom is -0.454 e. The van der Waals surface area contributed by atoms with E-state index >= 15 is 0 Å². The van der Waals surface area contributed by atoms with Gasteiger partial charge in [-0.05, 0) is 42.5 Å². The molecule has 178 valence electrons. The number of hydrogen-bond acceptors (Lipinski definition) is 9. The minimum atomic E-state index is -3.91. The number of hydrogen-bond donors (Lipinski definition) is 1. The van der Waals surface area contributed by atoms with Crippen molar-refractivity contribution in [1.29, 1.82) is 10.5 Å². The molecule has 1 N–H and O–H groups in total. The van der Waals surface area contributed by atoms with Crippen LogP contribution >= 0.6 is 11.3 Å². The molecule has 1 aliphatic rings. The van der Waals surface area contributed by atoms with Crippen molar-refractivity contribution >= 4 is 32.4 Å². The Morgan fingerprint density at radius 3 is 2.43 bits per heavy atom. The highest BCUT2D eigenvalue weighted by Crippen LogP contribution is 2.36. The third-order valence-electron chi connectivity index (χ3n) is 5.09. The number of fused-ring (bicyclic) bond motifs is 1. The van der Waals surface area contributed by atoms with Crippen LogP contribution in [-0.4, -0.2) is 43.5 Å². The van der Waals surface area contributed by atoms with Crippen molar-refractivity contribution in [3.8, 4) is 34.9 Å². The third-order valence-corrected chi connectivity index (χ3v) is 7.76. The van der Waals surface area contributed by atoms with E-state index in [0.717, 1.165) is 9.87 Å². The molecule has 0 radical (unpaired) electrons. The number of ether oxygens (including phenoxy) is 2. The number of amides is 1. The second kappa shape index (κ2) is 10.5. The summed E-state index contributed by atoms with van der Waals surface area (Å²) in [7, 11) is -3.91. The van der Waals surface area contributed by atoms with Gasteiger partial charge in [-0.15, -0.1) is 11.3 Å². The van der Waals surface area contributed by atoms with Crippen LogP contribution in [0.3, 0.4) is 0 Å². The van der Waals surface area contributed by atoms with Crippen molar-refractivity contribution in [2.45, 2.75) is 17.7 Å². The van der Waals surface area contributed by atoms with E-state index in [-0.39, 0.29) is 43.2 Å². The standard InChI is InChI=1S/C23H19N5O5S2/c24-9-1-11-28(12-2-10-25)35(30,31)18-6-3-16(4-7-18)22(29)27-23-26-19(14-34-23)17-5-8-20-21(13-17)33-15-32-20/h3-8,13-14H,1-2,11-12,15H2,(H,26,27,29). The molecule has 1 aromatic heterocycles. The van der Waals surface area contributed by atoms with Crippen LogP contribution in [-0.2, 0) is 10.0 Å². The lowest BCUT2D eigenvalue weighted by Crippen LogP contribution is -2.32. The summed E-state index contributed by atoms with van der Waals surface area (Å²) in [5, 5.41) is 22.5. The largest absolute Gasteiger partial charge is 0.454 e. The zero-order chi connectivity index (χ0) is 24.8. The van der Waals surface area contributed by atoms with Crippen molar-refractivity contribution < 1.29 is 22.7 Å². The lowest BCUT2D eigenvalue weighted by molar-refractivity contribution is 0.102. The topological polar surface area (TPSA) is 145 Å². The average Bonchev–Trinajstić information content (AvgIpc) is 3.53. The van der Waals surface area contributed by atoms with Gasteiger partial charge in [0.05, 0.1) is 22.7 Å². The first-order valence-electron chi connectivity index (χ1n) is 10.4. The number of nitriles is 2. The van der Waals surface area contributed by atoms with Gasteiger partial charge in [0.25, 0.3) is 5.91 Å². The van der Waals surface area contributed by atoms with Gasteiger partial charge in [0.15, 0.2) is 16.6 Å². The lowest BCUT2D eigenvalue weighted by atomic mass is 10.1. The summed E-state index contributed by atoms with van der Waals surface area (Å²) >= 11 is 1.26. The number of thiazole rings is 1. The molecule has 2 aromatic carbocycles. The number of anilines is 1. The Bertz CT molecular complexity index is 1400. The molecule has 2 heterocycles. The van der Waals surface area contributed by atoms with Crippen LogP contribution < -0.4 is 14.8 Å². The molecule has 0 unspecified atom stereocenters. The molecule has 0 fully saturated rings. The van der Waals surface area contributed by atoms with Crippen molar-refractivity contribution in [2.24, 2.45) is 0 Å². The molecule has 0 atom stereocenters. The minimum absolute atomic E-state index is 0.00715. The zero-order valence-electron chi connectivity index (χ0n) is 18.3. The van der Waals surface area contributed by atoms with Crippen molar-refractivity contribution in [2.75, 3.05) is 25.2 Å². The SMILES string of the molecule is N#CCCN(CCC#N)S(=O)(=O)c1ccc(C(=O)Nc2nc(-c3ccc4c(c3)OCO4)cs2)cc1. The first-order valence-corrected chi connectivity index (χ1v) is 12.8. The Hall–Kier alpha value is -3.97.